The Morgan fingerprint density at radius 2 is 1.96 bits per heavy atom. The number of methoxy groups -OCH3 is 2. The average Bonchev–Trinajstić information content (AvgIpc) is 2.61. The van der Waals surface area contributed by atoms with E-state index in [2.05, 4.69) is 6.07 Å². The van der Waals surface area contributed by atoms with Crippen LogP contribution in [0.1, 0.15) is 21.5 Å². The van der Waals surface area contributed by atoms with Crippen molar-refractivity contribution < 1.29 is 19.0 Å². The van der Waals surface area contributed by atoms with E-state index in [1.807, 2.05) is 18.2 Å². The molecule has 0 bridgehead atoms. The van der Waals surface area contributed by atoms with Crippen molar-refractivity contribution in [1.29, 1.82) is 5.26 Å². The zero-order valence-corrected chi connectivity index (χ0v) is 13.0. The topological polar surface area (TPSA) is 68.6 Å². The highest BCUT2D eigenvalue weighted by Crippen LogP contribution is 2.28. The van der Waals surface area contributed by atoms with Gasteiger partial charge in [0.05, 0.1) is 38.0 Å². The maximum atomic E-state index is 11.6. The zero-order chi connectivity index (χ0) is 16.7. The molecule has 0 aromatic heterocycles. The lowest BCUT2D eigenvalue weighted by Crippen LogP contribution is -2.06. The summed E-state index contributed by atoms with van der Waals surface area (Å²) in [5.74, 6) is 0.592. The van der Waals surface area contributed by atoms with Crippen LogP contribution in [-0.4, -0.2) is 26.8 Å². The van der Waals surface area contributed by atoms with Gasteiger partial charge in [0.2, 0.25) is 0 Å². The van der Waals surface area contributed by atoms with Crippen LogP contribution in [0.4, 0.5) is 0 Å². The minimum absolute atomic E-state index is 0.398. The van der Waals surface area contributed by atoms with Crippen LogP contribution in [0.25, 0.3) is 0 Å². The SMILES string of the molecule is COC(=O)c1ccc(OC)c(OCCc2cccc(C#N)c2)c1. The Labute approximate surface area is 135 Å². The molecule has 5 heteroatoms. The lowest BCUT2D eigenvalue weighted by molar-refractivity contribution is 0.0600. The van der Waals surface area contributed by atoms with Crippen LogP contribution in [0.5, 0.6) is 11.5 Å². The van der Waals surface area contributed by atoms with E-state index in [1.54, 1.807) is 24.3 Å². The molecule has 2 aromatic carbocycles. The van der Waals surface area contributed by atoms with Crippen molar-refractivity contribution in [3.8, 4) is 17.6 Å². The van der Waals surface area contributed by atoms with Crippen molar-refractivity contribution in [2.24, 2.45) is 0 Å². The first-order valence-electron chi connectivity index (χ1n) is 7.06. The van der Waals surface area contributed by atoms with E-state index >= 15 is 0 Å². The molecule has 0 aliphatic rings. The van der Waals surface area contributed by atoms with E-state index in [-0.39, 0.29) is 0 Å². The lowest BCUT2D eigenvalue weighted by Gasteiger charge is -2.12. The number of hydrogen-bond donors (Lipinski definition) is 0. The molecule has 0 atom stereocenters. The predicted molar refractivity (Wildman–Crippen MR) is 84.7 cm³/mol. The van der Waals surface area contributed by atoms with Gasteiger partial charge in [-0.3, -0.25) is 0 Å². The van der Waals surface area contributed by atoms with Gasteiger partial charge in [-0.1, -0.05) is 12.1 Å². The first-order chi connectivity index (χ1) is 11.2. The molecule has 0 spiro atoms. The fourth-order valence-corrected chi connectivity index (χ4v) is 2.11. The molecule has 0 aliphatic carbocycles. The molecule has 0 N–H and O–H groups in total. The average molecular weight is 311 g/mol. The van der Waals surface area contributed by atoms with Gasteiger partial charge in [-0.2, -0.15) is 5.26 Å². The second-order valence-corrected chi connectivity index (χ2v) is 4.77. The van der Waals surface area contributed by atoms with Gasteiger partial charge in [0.15, 0.2) is 11.5 Å². The third-order valence-electron chi connectivity index (χ3n) is 3.29. The van der Waals surface area contributed by atoms with E-state index in [4.69, 9.17) is 19.5 Å². The quantitative estimate of drug-likeness (QED) is 0.767. The predicted octanol–water partition coefficient (Wildman–Crippen LogP) is 2.97. The highest BCUT2D eigenvalue weighted by Gasteiger charge is 2.11. The van der Waals surface area contributed by atoms with E-state index in [1.165, 1.54) is 14.2 Å². The summed E-state index contributed by atoms with van der Waals surface area (Å²) in [6.07, 6.45) is 0.640. The van der Waals surface area contributed by atoms with Crippen LogP contribution in [-0.2, 0) is 11.2 Å². The molecule has 2 rings (SSSR count). The number of carbonyl (C=O) groups excluding carboxylic acids is 1. The van der Waals surface area contributed by atoms with Gasteiger partial charge < -0.3 is 14.2 Å². The summed E-state index contributed by atoms with van der Waals surface area (Å²) in [5.41, 5.74) is 2.02. The Hall–Kier alpha value is -3.00. The number of rotatable bonds is 6. The fraction of sp³-hybridized carbons (Fsp3) is 0.222. The van der Waals surface area contributed by atoms with E-state index < -0.39 is 5.97 Å². The van der Waals surface area contributed by atoms with Crippen molar-refractivity contribution in [3.63, 3.8) is 0 Å². The lowest BCUT2D eigenvalue weighted by atomic mass is 10.1. The Kier molecular flexibility index (Phi) is 5.59. The summed E-state index contributed by atoms with van der Waals surface area (Å²) in [5, 5.41) is 8.90. The van der Waals surface area contributed by atoms with Gasteiger partial charge in [0.1, 0.15) is 0 Å². The van der Waals surface area contributed by atoms with Crippen LogP contribution < -0.4 is 9.47 Å². The van der Waals surface area contributed by atoms with Crippen molar-refractivity contribution in [2.75, 3.05) is 20.8 Å². The summed E-state index contributed by atoms with van der Waals surface area (Å²) < 4.78 is 15.7. The Bertz CT molecular complexity index is 734. The monoisotopic (exact) mass is 311 g/mol. The van der Waals surface area contributed by atoms with Crippen molar-refractivity contribution >= 4 is 5.97 Å². The summed E-state index contributed by atoms with van der Waals surface area (Å²) in [6, 6.07) is 14.3. The first kappa shape index (κ1) is 16.4. The summed E-state index contributed by atoms with van der Waals surface area (Å²) >= 11 is 0. The smallest absolute Gasteiger partial charge is 0.337 e. The number of nitrogens with zero attached hydrogens (tertiary/aromatic N) is 1. The second-order valence-electron chi connectivity index (χ2n) is 4.77. The molecule has 0 fully saturated rings. The van der Waals surface area contributed by atoms with Crippen molar-refractivity contribution in [2.45, 2.75) is 6.42 Å². The zero-order valence-electron chi connectivity index (χ0n) is 13.0. The molecule has 0 heterocycles. The third kappa shape index (κ3) is 4.24. The maximum absolute atomic E-state index is 11.6. The summed E-state index contributed by atoms with van der Waals surface area (Å²) in [6.45, 7) is 0.399. The minimum atomic E-state index is -0.431. The third-order valence-corrected chi connectivity index (χ3v) is 3.29. The van der Waals surface area contributed by atoms with Crippen LogP contribution in [0, 0.1) is 11.3 Å². The molecular weight excluding hydrogens is 294 g/mol. The standard InChI is InChI=1S/C18H17NO4/c1-21-16-7-6-15(18(20)22-2)11-17(16)23-9-8-13-4-3-5-14(10-13)12-19/h3-7,10-11H,8-9H2,1-2H3. The van der Waals surface area contributed by atoms with Crippen molar-refractivity contribution in [1.82, 2.24) is 0 Å². The summed E-state index contributed by atoms with van der Waals surface area (Å²) in [4.78, 5) is 11.6. The largest absolute Gasteiger partial charge is 0.493 e. The molecule has 0 saturated carbocycles. The minimum Gasteiger partial charge on any atom is -0.493 e. The van der Waals surface area contributed by atoms with Gasteiger partial charge in [0.25, 0.3) is 0 Å². The Morgan fingerprint density at radius 1 is 1.13 bits per heavy atom. The van der Waals surface area contributed by atoms with Crippen LogP contribution in [0.15, 0.2) is 42.5 Å². The van der Waals surface area contributed by atoms with Gasteiger partial charge >= 0.3 is 5.97 Å². The van der Waals surface area contributed by atoms with E-state index in [0.717, 1.165) is 5.56 Å². The number of carbonyl (C=O) groups is 1. The summed E-state index contributed by atoms with van der Waals surface area (Å²) in [7, 11) is 2.87. The number of ether oxygens (including phenoxy) is 3. The Morgan fingerprint density at radius 3 is 2.65 bits per heavy atom. The molecule has 118 valence electrons. The van der Waals surface area contributed by atoms with E-state index in [9.17, 15) is 4.79 Å². The van der Waals surface area contributed by atoms with Crippen LogP contribution in [0.2, 0.25) is 0 Å². The van der Waals surface area contributed by atoms with Gasteiger partial charge in [-0.25, -0.2) is 4.79 Å². The van der Waals surface area contributed by atoms with Gasteiger partial charge in [0, 0.05) is 6.42 Å². The molecule has 5 nitrogen and oxygen atoms in total. The van der Waals surface area contributed by atoms with Crippen LogP contribution >= 0.6 is 0 Å². The fourth-order valence-electron chi connectivity index (χ4n) is 2.11. The maximum Gasteiger partial charge on any atom is 0.337 e. The number of benzene rings is 2. The second kappa shape index (κ2) is 7.85. The van der Waals surface area contributed by atoms with Gasteiger partial charge in [-0.05, 0) is 35.9 Å². The number of nitriles is 1. The first-order valence-corrected chi connectivity index (χ1v) is 7.06. The molecular formula is C18H17NO4. The molecule has 23 heavy (non-hydrogen) atoms. The molecule has 0 aliphatic heterocycles. The number of hydrogen-bond acceptors (Lipinski definition) is 5. The Balaban J connectivity index is 2.06. The highest BCUT2D eigenvalue weighted by atomic mass is 16.5. The molecule has 0 saturated heterocycles. The normalized spacial score (nSPS) is 9.78. The van der Waals surface area contributed by atoms with Gasteiger partial charge in [-0.15, -0.1) is 0 Å². The molecule has 2 aromatic rings. The number of esters is 1. The molecule has 0 unspecified atom stereocenters. The van der Waals surface area contributed by atoms with Crippen molar-refractivity contribution in [3.05, 3.63) is 59.2 Å². The molecule has 0 amide bonds. The highest BCUT2D eigenvalue weighted by molar-refractivity contribution is 5.90. The molecule has 0 radical (unpaired) electrons. The van der Waals surface area contributed by atoms with E-state index in [0.29, 0.717) is 35.7 Å². The van der Waals surface area contributed by atoms with Crippen LogP contribution in [0.3, 0.4) is 0 Å².